The van der Waals surface area contributed by atoms with Crippen molar-refractivity contribution in [1.82, 2.24) is 30.4 Å². The zero-order chi connectivity index (χ0) is 20.2. The van der Waals surface area contributed by atoms with Crippen molar-refractivity contribution in [3.8, 4) is 0 Å². The van der Waals surface area contributed by atoms with Crippen molar-refractivity contribution < 1.29 is 9.32 Å². The smallest absolute Gasteiger partial charge is 0.273 e. The minimum absolute atomic E-state index is 0.209. The van der Waals surface area contributed by atoms with E-state index in [9.17, 15) is 4.79 Å². The molecule has 1 fully saturated rings. The minimum Gasteiger partial charge on any atom is -0.361 e. The zero-order valence-corrected chi connectivity index (χ0v) is 16.8. The fraction of sp³-hybridized carbons (Fsp3) is 0.429. The van der Waals surface area contributed by atoms with E-state index in [1.165, 1.54) is 0 Å². The number of carbonyl (C=O) groups excluding carboxylic acids is 1. The highest BCUT2D eigenvalue weighted by molar-refractivity contribution is 5.91. The molecule has 0 bridgehead atoms. The zero-order valence-electron chi connectivity index (χ0n) is 16.8. The van der Waals surface area contributed by atoms with E-state index in [2.05, 4.69) is 25.7 Å². The molecule has 29 heavy (non-hydrogen) atoms. The topological polar surface area (TPSA) is 89.1 Å². The van der Waals surface area contributed by atoms with Crippen LogP contribution in [-0.4, -0.2) is 43.5 Å². The van der Waals surface area contributed by atoms with E-state index in [-0.39, 0.29) is 5.91 Å². The Morgan fingerprint density at radius 3 is 2.86 bits per heavy atom. The quantitative estimate of drug-likeness (QED) is 0.662. The van der Waals surface area contributed by atoms with Gasteiger partial charge in [0, 0.05) is 24.7 Å². The molecule has 1 atom stereocenters. The molecule has 1 N–H and O–H groups in total. The lowest BCUT2D eigenvalue weighted by molar-refractivity contribution is 0.0945. The predicted octanol–water partition coefficient (Wildman–Crippen LogP) is 2.48. The van der Waals surface area contributed by atoms with Crippen molar-refractivity contribution in [2.24, 2.45) is 0 Å². The van der Waals surface area contributed by atoms with Gasteiger partial charge in [0.25, 0.3) is 5.91 Å². The lowest BCUT2D eigenvalue weighted by atomic mass is 10.1. The third-order valence-electron chi connectivity index (χ3n) is 5.51. The number of nitrogens with zero attached hydrogens (tertiary/aromatic N) is 5. The van der Waals surface area contributed by atoms with Crippen LogP contribution in [0.1, 0.15) is 45.9 Å². The molecule has 0 unspecified atom stereocenters. The summed E-state index contributed by atoms with van der Waals surface area (Å²) in [6, 6.07) is 10.2. The van der Waals surface area contributed by atoms with Crippen LogP contribution in [0.2, 0.25) is 0 Å². The largest absolute Gasteiger partial charge is 0.361 e. The number of aromatic nitrogens is 4. The molecule has 1 aliphatic rings. The van der Waals surface area contributed by atoms with E-state index in [4.69, 9.17) is 4.52 Å². The number of hydrogen-bond donors (Lipinski definition) is 1. The van der Waals surface area contributed by atoms with E-state index < -0.39 is 0 Å². The van der Waals surface area contributed by atoms with Gasteiger partial charge < -0.3 is 9.84 Å². The maximum absolute atomic E-state index is 12.4. The van der Waals surface area contributed by atoms with E-state index in [1.807, 2.05) is 44.2 Å². The first kappa shape index (κ1) is 19.3. The van der Waals surface area contributed by atoms with Gasteiger partial charge >= 0.3 is 0 Å². The van der Waals surface area contributed by atoms with Gasteiger partial charge in [0.1, 0.15) is 5.76 Å². The summed E-state index contributed by atoms with van der Waals surface area (Å²) >= 11 is 0. The number of hydrogen-bond acceptors (Lipinski definition) is 6. The fourth-order valence-corrected chi connectivity index (χ4v) is 3.82. The number of amides is 1. The second-order valence-corrected chi connectivity index (χ2v) is 7.56. The van der Waals surface area contributed by atoms with Crippen molar-refractivity contribution >= 4 is 5.91 Å². The van der Waals surface area contributed by atoms with Gasteiger partial charge in [0.15, 0.2) is 5.69 Å². The average molecular weight is 394 g/mol. The molecule has 1 aliphatic heterocycles. The molecule has 0 saturated carbocycles. The van der Waals surface area contributed by atoms with Gasteiger partial charge in [-0.05, 0) is 38.8 Å². The maximum atomic E-state index is 12.4. The second-order valence-electron chi connectivity index (χ2n) is 7.56. The number of aryl methyl sites for hydroxylation is 2. The van der Waals surface area contributed by atoms with Gasteiger partial charge in [0.2, 0.25) is 0 Å². The molecule has 0 radical (unpaired) electrons. The Labute approximate surface area is 169 Å². The lowest BCUT2D eigenvalue weighted by Gasteiger charge is -2.24. The van der Waals surface area contributed by atoms with Gasteiger partial charge in [-0.1, -0.05) is 40.7 Å². The summed E-state index contributed by atoms with van der Waals surface area (Å²) in [5.74, 6) is 0.672. The number of carbonyl (C=O) groups is 1. The van der Waals surface area contributed by atoms with Crippen molar-refractivity contribution in [2.45, 2.75) is 52.4 Å². The Bertz CT molecular complexity index is 945. The maximum Gasteiger partial charge on any atom is 0.273 e. The van der Waals surface area contributed by atoms with Crippen molar-refractivity contribution in [3.05, 3.63) is 64.8 Å². The van der Waals surface area contributed by atoms with E-state index in [0.717, 1.165) is 48.5 Å². The van der Waals surface area contributed by atoms with Crippen LogP contribution in [0.25, 0.3) is 0 Å². The van der Waals surface area contributed by atoms with Gasteiger partial charge in [-0.25, -0.2) is 0 Å². The molecular formula is C21H26N6O2. The highest BCUT2D eigenvalue weighted by Crippen LogP contribution is 2.24. The molecule has 8 heteroatoms. The summed E-state index contributed by atoms with van der Waals surface area (Å²) in [5.41, 5.74) is 3.51. The Balaban J connectivity index is 1.35. The van der Waals surface area contributed by atoms with Gasteiger partial charge in [-0.15, -0.1) is 5.10 Å². The first-order chi connectivity index (χ1) is 14.1. The number of benzene rings is 1. The Morgan fingerprint density at radius 1 is 1.28 bits per heavy atom. The molecule has 2 aromatic heterocycles. The van der Waals surface area contributed by atoms with Crippen LogP contribution in [0.4, 0.5) is 0 Å². The minimum atomic E-state index is -0.209. The first-order valence-electron chi connectivity index (χ1n) is 9.98. The molecule has 0 aliphatic carbocycles. The van der Waals surface area contributed by atoms with Crippen LogP contribution in [0, 0.1) is 13.8 Å². The monoisotopic (exact) mass is 394 g/mol. The summed E-state index contributed by atoms with van der Waals surface area (Å²) in [4.78, 5) is 14.8. The molecule has 8 nitrogen and oxygen atoms in total. The second kappa shape index (κ2) is 8.57. The third kappa shape index (κ3) is 4.54. The van der Waals surface area contributed by atoms with Crippen LogP contribution in [-0.2, 0) is 19.6 Å². The van der Waals surface area contributed by atoms with Gasteiger partial charge in [-0.2, -0.15) is 0 Å². The molecular weight excluding hydrogens is 368 g/mol. The Morgan fingerprint density at radius 2 is 2.10 bits per heavy atom. The predicted molar refractivity (Wildman–Crippen MR) is 107 cm³/mol. The fourth-order valence-electron chi connectivity index (χ4n) is 3.82. The Kier molecular flexibility index (Phi) is 5.71. The van der Waals surface area contributed by atoms with Crippen LogP contribution in [0.15, 0.2) is 41.1 Å². The van der Waals surface area contributed by atoms with Crippen LogP contribution >= 0.6 is 0 Å². The van der Waals surface area contributed by atoms with Gasteiger partial charge in [-0.3, -0.25) is 14.4 Å². The molecule has 3 heterocycles. The van der Waals surface area contributed by atoms with Crippen molar-refractivity contribution in [2.75, 3.05) is 6.54 Å². The van der Waals surface area contributed by atoms with Crippen LogP contribution in [0.5, 0.6) is 0 Å². The lowest BCUT2D eigenvalue weighted by Crippen LogP contribution is -2.33. The van der Waals surface area contributed by atoms with Crippen molar-refractivity contribution in [3.63, 3.8) is 0 Å². The summed E-state index contributed by atoms with van der Waals surface area (Å²) in [7, 11) is 0. The molecule has 1 amide bonds. The van der Waals surface area contributed by atoms with E-state index in [0.29, 0.717) is 24.8 Å². The summed E-state index contributed by atoms with van der Waals surface area (Å²) in [6.07, 6.45) is 3.97. The number of nitrogens with one attached hydrogen (secondary N) is 1. The standard InChI is InChI=1S/C21H26N6O2/c1-15-19(16(2)29-24-15)13-26-10-6-9-18(26)12-27-14-20(23-25-27)21(28)22-11-17-7-4-3-5-8-17/h3-5,7-8,14,18H,6,9-13H2,1-2H3,(H,22,28)/t18-/m0/s1. The summed E-state index contributed by atoms with van der Waals surface area (Å²) in [6.45, 7) is 6.98. The molecule has 4 rings (SSSR count). The highest BCUT2D eigenvalue weighted by atomic mass is 16.5. The molecule has 152 valence electrons. The SMILES string of the molecule is Cc1noc(C)c1CN1CCC[C@H]1Cn1cc(C(=O)NCc2ccccc2)nn1. The first-order valence-corrected chi connectivity index (χ1v) is 9.98. The van der Waals surface area contributed by atoms with E-state index >= 15 is 0 Å². The number of rotatable bonds is 7. The van der Waals surface area contributed by atoms with Crippen LogP contribution in [0.3, 0.4) is 0 Å². The number of likely N-dealkylation sites (tertiary alicyclic amines) is 1. The normalized spacial score (nSPS) is 17.0. The molecule has 1 saturated heterocycles. The van der Waals surface area contributed by atoms with Crippen LogP contribution < -0.4 is 5.32 Å². The molecule has 1 aromatic carbocycles. The summed E-state index contributed by atoms with van der Waals surface area (Å²) < 4.78 is 7.07. The molecule has 3 aromatic rings. The van der Waals surface area contributed by atoms with E-state index in [1.54, 1.807) is 10.9 Å². The average Bonchev–Trinajstić information content (AvgIpc) is 3.45. The third-order valence-corrected chi connectivity index (χ3v) is 5.51. The van der Waals surface area contributed by atoms with Gasteiger partial charge in [0.05, 0.1) is 18.4 Å². The highest BCUT2D eigenvalue weighted by Gasteiger charge is 2.27. The molecule has 0 spiro atoms. The summed E-state index contributed by atoms with van der Waals surface area (Å²) in [5, 5.41) is 15.2. The Hall–Kier alpha value is -3.00. The van der Waals surface area contributed by atoms with Crippen molar-refractivity contribution in [1.29, 1.82) is 0 Å².